The van der Waals surface area contributed by atoms with Crippen molar-refractivity contribution in [2.24, 2.45) is 0 Å². The molecule has 3 heterocycles. The molecule has 1 fully saturated rings. The fourth-order valence-corrected chi connectivity index (χ4v) is 5.50. The topological polar surface area (TPSA) is 67.2 Å². The van der Waals surface area contributed by atoms with Gasteiger partial charge < -0.3 is 19.9 Å². The van der Waals surface area contributed by atoms with E-state index in [0.29, 0.717) is 5.95 Å². The van der Waals surface area contributed by atoms with Crippen molar-refractivity contribution < 1.29 is 9.13 Å². The zero-order valence-electron chi connectivity index (χ0n) is 23.6. The molecule has 4 rings (SSSR count). The minimum absolute atomic E-state index is 0.0189. The first-order chi connectivity index (χ1) is 17.3. The minimum atomic E-state index is -0.458. The maximum atomic E-state index is 14.8. The van der Waals surface area contributed by atoms with Gasteiger partial charge in [-0.05, 0) is 106 Å². The molecule has 1 aliphatic rings. The van der Waals surface area contributed by atoms with Gasteiger partial charge in [0.15, 0.2) is 11.6 Å². The van der Waals surface area contributed by atoms with Crippen LogP contribution in [-0.4, -0.2) is 49.7 Å². The van der Waals surface area contributed by atoms with Crippen molar-refractivity contribution in [1.82, 2.24) is 19.4 Å². The summed E-state index contributed by atoms with van der Waals surface area (Å²) in [5, 5.41) is 6.63. The second-order valence-electron chi connectivity index (χ2n) is 11.7. The van der Waals surface area contributed by atoms with Crippen LogP contribution in [0.3, 0.4) is 0 Å². The van der Waals surface area contributed by atoms with Gasteiger partial charge in [-0.2, -0.15) is 4.98 Å². The Bertz CT molecular complexity index is 1230. The van der Waals surface area contributed by atoms with Crippen LogP contribution in [0.25, 0.3) is 5.69 Å². The zero-order valence-corrected chi connectivity index (χ0v) is 23.6. The van der Waals surface area contributed by atoms with Gasteiger partial charge in [-0.25, -0.2) is 9.37 Å². The van der Waals surface area contributed by atoms with Crippen molar-refractivity contribution in [3.63, 3.8) is 0 Å². The molecular formula is C29H41FN6O. The van der Waals surface area contributed by atoms with E-state index in [1.54, 1.807) is 0 Å². The summed E-state index contributed by atoms with van der Waals surface area (Å²) in [4.78, 5) is 11.1. The average Bonchev–Trinajstić information content (AvgIpc) is 3.12. The number of aryl methyl sites for hydroxylation is 2. The number of rotatable bonds is 7. The Labute approximate surface area is 220 Å². The van der Waals surface area contributed by atoms with Crippen molar-refractivity contribution in [2.45, 2.75) is 91.5 Å². The maximum absolute atomic E-state index is 14.8. The van der Waals surface area contributed by atoms with Crippen molar-refractivity contribution in [1.29, 1.82) is 0 Å². The van der Waals surface area contributed by atoms with Crippen molar-refractivity contribution in [3.8, 4) is 11.4 Å². The predicted octanol–water partition coefficient (Wildman–Crippen LogP) is 6.62. The van der Waals surface area contributed by atoms with E-state index < -0.39 is 5.82 Å². The van der Waals surface area contributed by atoms with Crippen LogP contribution in [0.15, 0.2) is 36.5 Å². The van der Waals surface area contributed by atoms with Crippen LogP contribution in [0.2, 0.25) is 0 Å². The number of anilines is 3. The molecule has 3 aromatic rings. The lowest BCUT2D eigenvalue weighted by atomic mass is 9.77. The highest BCUT2D eigenvalue weighted by atomic mass is 19.1. The lowest BCUT2D eigenvalue weighted by molar-refractivity contribution is -0.00778. The smallest absolute Gasteiger partial charge is 0.229 e. The largest absolute Gasteiger partial charge is 0.489 e. The van der Waals surface area contributed by atoms with E-state index in [-0.39, 0.29) is 29.0 Å². The second-order valence-corrected chi connectivity index (χ2v) is 11.7. The first-order valence-corrected chi connectivity index (χ1v) is 13.0. The summed E-state index contributed by atoms with van der Waals surface area (Å²) >= 11 is 0. The molecule has 0 saturated carbocycles. The van der Waals surface area contributed by atoms with E-state index in [9.17, 15) is 4.39 Å². The van der Waals surface area contributed by atoms with Gasteiger partial charge in [-0.3, -0.25) is 4.90 Å². The van der Waals surface area contributed by atoms with Gasteiger partial charge in [-0.15, -0.1) is 0 Å². The van der Waals surface area contributed by atoms with Gasteiger partial charge in [0, 0.05) is 34.2 Å². The molecule has 200 valence electrons. The molecule has 2 N–H and O–H groups in total. The number of piperidine rings is 1. The molecule has 0 bridgehead atoms. The molecule has 8 heteroatoms. The third-order valence-electron chi connectivity index (χ3n) is 7.48. The molecule has 0 aliphatic carbocycles. The van der Waals surface area contributed by atoms with E-state index in [0.717, 1.165) is 41.4 Å². The number of nitrogens with one attached hydrogen (secondary N) is 2. The summed E-state index contributed by atoms with van der Waals surface area (Å²) in [5.41, 5.74) is 3.89. The van der Waals surface area contributed by atoms with E-state index >= 15 is 0 Å². The Morgan fingerprint density at radius 2 is 1.65 bits per heavy atom. The predicted molar refractivity (Wildman–Crippen MR) is 149 cm³/mol. The highest BCUT2D eigenvalue weighted by Gasteiger charge is 2.43. The van der Waals surface area contributed by atoms with Crippen LogP contribution < -0.4 is 15.4 Å². The fourth-order valence-electron chi connectivity index (χ4n) is 5.50. The van der Waals surface area contributed by atoms with Crippen LogP contribution in [-0.2, 0) is 0 Å². The number of hydrogen-bond acceptors (Lipinski definition) is 6. The first kappa shape index (κ1) is 26.9. The fraction of sp³-hybridized carbons (Fsp3) is 0.517. The van der Waals surface area contributed by atoms with Crippen LogP contribution in [0.1, 0.15) is 65.8 Å². The lowest BCUT2D eigenvalue weighted by Crippen LogP contribution is -2.61. The molecule has 1 aromatic carbocycles. The van der Waals surface area contributed by atoms with Crippen molar-refractivity contribution in [3.05, 3.63) is 53.7 Å². The van der Waals surface area contributed by atoms with Crippen LogP contribution in [0, 0.1) is 19.7 Å². The Hall–Kier alpha value is -3.13. The highest BCUT2D eigenvalue weighted by Crippen LogP contribution is 2.38. The average molecular weight is 509 g/mol. The minimum Gasteiger partial charge on any atom is -0.489 e. The quantitative estimate of drug-likeness (QED) is 0.374. The van der Waals surface area contributed by atoms with Gasteiger partial charge in [0.25, 0.3) is 0 Å². The third-order valence-corrected chi connectivity index (χ3v) is 7.48. The number of nitrogens with zero attached hydrogens (tertiary/aromatic N) is 4. The van der Waals surface area contributed by atoms with Gasteiger partial charge in [0.2, 0.25) is 5.95 Å². The monoisotopic (exact) mass is 508 g/mol. The first-order valence-electron chi connectivity index (χ1n) is 13.0. The van der Waals surface area contributed by atoms with E-state index in [1.165, 1.54) is 6.20 Å². The molecule has 0 radical (unpaired) electrons. The summed E-state index contributed by atoms with van der Waals surface area (Å²) in [6, 6.07) is 10.2. The Kier molecular flexibility index (Phi) is 7.25. The second kappa shape index (κ2) is 9.97. The number of benzene rings is 1. The lowest BCUT2D eigenvalue weighted by Gasteiger charge is -2.53. The van der Waals surface area contributed by atoms with Crippen LogP contribution >= 0.6 is 0 Å². The standard InChI is InChI=1S/C29H41FN6O/c1-18(2)37-25-13-12-21(14-24(25)36-19(3)10-11-20(36)4)33-27-31-17-23(30)26(34-27)32-22-15-28(5,6)35(9)29(7,8)16-22/h10-14,17-18,22H,15-16H2,1-9H3,(H2,31,32,33,34). The van der Waals surface area contributed by atoms with Crippen molar-refractivity contribution >= 4 is 17.5 Å². The van der Waals surface area contributed by atoms with Gasteiger partial charge in [0.1, 0.15) is 5.75 Å². The van der Waals surface area contributed by atoms with Gasteiger partial charge >= 0.3 is 0 Å². The summed E-state index contributed by atoms with van der Waals surface area (Å²) < 4.78 is 23.1. The molecule has 1 aliphatic heterocycles. The number of aromatic nitrogens is 3. The van der Waals surface area contributed by atoms with Crippen LogP contribution in [0.5, 0.6) is 5.75 Å². The summed E-state index contributed by atoms with van der Waals surface area (Å²) in [6.07, 6.45) is 3.03. The summed E-state index contributed by atoms with van der Waals surface area (Å²) in [7, 11) is 2.16. The molecule has 7 nitrogen and oxygen atoms in total. The van der Waals surface area contributed by atoms with Crippen LogP contribution in [0.4, 0.5) is 21.8 Å². The van der Waals surface area contributed by atoms with Gasteiger partial charge in [-0.1, -0.05) is 0 Å². The number of hydrogen-bond donors (Lipinski definition) is 2. The molecule has 0 spiro atoms. The number of likely N-dealkylation sites (tertiary alicyclic amines) is 1. The molecule has 2 aromatic heterocycles. The van der Waals surface area contributed by atoms with Crippen molar-refractivity contribution in [2.75, 3.05) is 17.7 Å². The van der Waals surface area contributed by atoms with Gasteiger partial charge in [0.05, 0.1) is 18.0 Å². The molecule has 0 atom stereocenters. The molecule has 0 amide bonds. The highest BCUT2D eigenvalue weighted by molar-refractivity contribution is 5.64. The summed E-state index contributed by atoms with van der Waals surface area (Å²) in [5.74, 6) is 0.883. The molecule has 1 saturated heterocycles. The third kappa shape index (κ3) is 5.74. The molecule has 37 heavy (non-hydrogen) atoms. The van der Waals surface area contributed by atoms with E-state index in [2.05, 4.69) is 90.8 Å². The van der Waals surface area contributed by atoms with E-state index in [4.69, 9.17) is 4.74 Å². The number of ether oxygens (including phenoxy) is 1. The maximum Gasteiger partial charge on any atom is 0.229 e. The Morgan fingerprint density at radius 1 is 1.03 bits per heavy atom. The Morgan fingerprint density at radius 3 is 2.24 bits per heavy atom. The number of halogens is 1. The van der Waals surface area contributed by atoms with E-state index in [1.807, 2.05) is 32.0 Å². The normalized spacial score (nSPS) is 17.7. The SMILES string of the molecule is Cc1ccc(C)n1-c1cc(Nc2ncc(F)c(NC3CC(C)(C)N(C)C(C)(C)C3)n2)ccc1OC(C)C. The zero-order chi connectivity index (χ0) is 27.1. The molecule has 0 unspecified atom stereocenters. The summed E-state index contributed by atoms with van der Waals surface area (Å²) in [6.45, 7) is 17.1. The molecular weight excluding hydrogens is 467 g/mol. The Balaban J connectivity index is 1.61.